The molecule has 0 radical (unpaired) electrons. The topological polar surface area (TPSA) is 20.2 Å². The lowest BCUT2D eigenvalue weighted by Gasteiger charge is -2.12. The Morgan fingerprint density at radius 1 is 1.05 bits per heavy atom. The standard InChI is InChI=1S/C18H21FO/c1-2-3-5-14-8-10-16(11-9-14)18(20)13-15-6-4-7-17(19)12-15/h4,6-12,18,20H,2-3,5,13H2,1H3. The highest BCUT2D eigenvalue weighted by molar-refractivity contribution is 5.26. The van der Waals surface area contributed by atoms with Gasteiger partial charge in [-0.3, -0.25) is 0 Å². The smallest absolute Gasteiger partial charge is 0.123 e. The molecule has 1 N–H and O–H groups in total. The van der Waals surface area contributed by atoms with Crippen molar-refractivity contribution in [1.29, 1.82) is 0 Å². The molecule has 0 spiro atoms. The van der Waals surface area contributed by atoms with Crippen LogP contribution in [0.1, 0.15) is 42.6 Å². The van der Waals surface area contributed by atoms with Gasteiger partial charge in [-0.25, -0.2) is 4.39 Å². The van der Waals surface area contributed by atoms with Crippen LogP contribution in [0.15, 0.2) is 48.5 Å². The molecule has 0 saturated heterocycles. The van der Waals surface area contributed by atoms with Crippen LogP contribution in [0.5, 0.6) is 0 Å². The van der Waals surface area contributed by atoms with Crippen LogP contribution in [0, 0.1) is 5.82 Å². The van der Waals surface area contributed by atoms with Crippen LogP contribution in [0.25, 0.3) is 0 Å². The quantitative estimate of drug-likeness (QED) is 0.824. The SMILES string of the molecule is CCCCc1ccc(C(O)Cc2cccc(F)c2)cc1. The van der Waals surface area contributed by atoms with E-state index in [9.17, 15) is 9.50 Å². The number of hydrogen-bond donors (Lipinski definition) is 1. The van der Waals surface area contributed by atoms with E-state index in [4.69, 9.17) is 0 Å². The molecule has 106 valence electrons. The molecule has 1 atom stereocenters. The highest BCUT2D eigenvalue weighted by Crippen LogP contribution is 2.20. The molecule has 2 rings (SSSR count). The summed E-state index contributed by atoms with van der Waals surface area (Å²) in [6, 6.07) is 14.5. The lowest BCUT2D eigenvalue weighted by atomic mass is 9.99. The van der Waals surface area contributed by atoms with Crippen LogP contribution >= 0.6 is 0 Å². The van der Waals surface area contributed by atoms with Crippen molar-refractivity contribution in [2.24, 2.45) is 0 Å². The molecule has 20 heavy (non-hydrogen) atoms. The monoisotopic (exact) mass is 272 g/mol. The van der Waals surface area contributed by atoms with Gasteiger partial charge in [0.2, 0.25) is 0 Å². The minimum Gasteiger partial charge on any atom is -0.388 e. The molecule has 0 heterocycles. The van der Waals surface area contributed by atoms with Crippen LogP contribution in [-0.2, 0) is 12.8 Å². The van der Waals surface area contributed by atoms with E-state index in [0.29, 0.717) is 6.42 Å². The molecular weight excluding hydrogens is 251 g/mol. The molecule has 0 fully saturated rings. The largest absolute Gasteiger partial charge is 0.388 e. The molecular formula is C18H21FO. The van der Waals surface area contributed by atoms with Gasteiger partial charge in [-0.1, -0.05) is 49.7 Å². The summed E-state index contributed by atoms with van der Waals surface area (Å²) in [6.45, 7) is 2.18. The number of aliphatic hydroxyl groups is 1. The zero-order valence-electron chi connectivity index (χ0n) is 11.8. The Kier molecular flexibility index (Phi) is 5.31. The Balaban J connectivity index is 2.00. The van der Waals surface area contributed by atoms with Gasteiger partial charge in [0, 0.05) is 6.42 Å². The molecule has 0 amide bonds. The summed E-state index contributed by atoms with van der Waals surface area (Å²) in [5.74, 6) is -0.260. The second-order valence-corrected chi connectivity index (χ2v) is 5.19. The number of aliphatic hydroxyl groups excluding tert-OH is 1. The van der Waals surface area contributed by atoms with Crippen molar-refractivity contribution in [1.82, 2.24) is 0 Å². The Labute approximate surface area is 120 Å². The third-order valence-electron chi connectivity index (χ3n) is 3.50. The Morgan fingerprint density at radius 3 is 2.45 bits per heavy atom. The summed E-state index contributed by atoms with van der Waals surface area (Å²) in [5, 5.41) is 10.2. The normalized spacial score (nSPS) is 12.3. The van der Waals surface area contributed by atoms with Gasteiger partial charge in [-0.05, 0) is 41.7 Å². The fourth-order valence-electron chi connectivity index (χ4n) is 2.29. The highest BCUT2D eigenvalue weighted by Gasteiger charge is 2.09. The van der Waals surface area contributed by atoms with E-state index in [1.54, 1.807) is 6.07 Å². The Hall–Kier alpha value is -1.67. The van der Waals surface area contributed by atoms with Gasteiger partial charge in [0.1, 0.15) is 5.82 Å². The third-order valence-corrected chi connectivity index (χ3v) is 3.50. The van der Waals surface area contributed by atoms with Crippen molar-refractivity contribution >= 4 is 0 Å². The molecule has 0 aliphatic rings. The number of rotatable bonds is 6. The van der Waals surface area contributed by atoms with E-state index in [1.165, 1.54) is 30.5 Å². The van der Waals surface area contributed by atoms with Crippen LogP contribution in [0.4, 0.5) is 4.39 Å². The number of hydrogen-bond acceptors (Lipinski definition) is 1. The van der Waals surface area contributed by atoms with Crippen molar-refractivity contribution in [3.63, 3.8) is 0 Å². The van der Waals surface area contributed by atoms with Crippen LogP contribution in [0.2, 0.25) is 0 Å². The average Bonchev–Trinajstić information content (AvgIpc) is 2.45. The minimum atomic E-state index is -0.586. The number of aryl methyl sites for hydroxylation is 1. The van der Waals surface area contributed by atoms with E-state index in [1.807, 2.05) is 18.2 Å². The maximum absolute atomic E-state index is 13.1. The van der Waals surface area contributed by atoms with Gasteiger partial charge in [-0.2, -0.15) is 0 Å². The first kappa shape index (κ1) is 14.7. The van der Waals surface area contributed by atoms with Gasteiger partial charge in [0.05, 0.1) is 6.10 Å². The number of benzene rings is 2. The predicted molar refractivity (Wildman–Crippen MR) is 80.1 cm³/mol. The maximum Gasteiger partial charge on any atom is 0.123 e. The van der Waals surface area contributed by atoms with Crippen LogP contribution < -0.4 is 0 Å². The molecule has 0 aliphatic carbocycles. The minimum absolute atomic E-state index is 0.260. The van der Waals surface area contributed by atoms with Crippen molar-refractivity contribution in [2.75, 3.05) is 0 Å². The van der Waals surface area contributed by atoms with Gasteiger partial charge in [0.15, 0.2) is 0 Å². The first-order valence-corrected chi connectivity index (χ1v) is 7.20. The molecule has 2 aromatic carbocycles. The number of unbranched alkanes of at least 4 members (excludes halogenated alkanes) is 1. The van der Waals surface area contributed by atoms with E-state index >= 15 is 0 Å². The summed E-state index contributed by atoms with van der Waals surface area (Å²) < 4.78 is 13.1. The van der Waals surface area contributed by atoms with E-state index in [-0.39, 0.29) is 5.82 Å². The zero-order chi connectivity index (χ0) is 14.4. The molecule has 2 heteroatoms. The molecule has 0 saturated carbocycles. The fourth-order valence-corrected chi connectivity index (χ4v) is 2.29. The maximum atomic E-state index is 13.1. The van der Waals surface area contributed by atoms with Crippen molar-refractivity contribution in [2.45, 2.75) is 38.7 Å². The van der Waals surface area contributed by atoms with Gasteiger partial charge in [-0.15, -0.1) is 0 Å². The molecule has 1 unspecified atom stereocenters. The van der Waals surface area contributed by atoms with Gasteiger partial charge in [0.25, 0.3) is 0 Å². The molecule has 2 aromatic rings. The van der Waals surface area contributed by atoms with Crippen molar-refractivity contribution < 1.29 is 9.50 Å². The van der Waals surface area contributed by atoms with Gasteiger partial charge < -0.3 is 5.11 Å². The zero-order valence-corrected chi connectivity index (χ0v) is 11.8. The second kappa shape index (κ2) is 7.20. The summed E-state index contributed by atoms with van der Waals surface area (Å²) in [6.07, 6.45) is 3.30. The summed E-state index contributed by atoms with van der Waals surface area (Å²) in [5.41, 5.74) is 3.00. The van der Waals surface area contributed by atoms with Crippen LogP contribution in [0.3, 0.4) is 0 Å². The fraction of sp³-hybridized carbons (Fsp3) is 0.333. The first-order chi connectivity index (χ1) is 9.69. The highest BCUT2D eigenvalue weighted by atomic mass is 19.1. The average molecular weight is 272 g/mol. The lowest BCUT2D eigenvalue weighted by Crippen LogP contribution is -2.02. The molecule has 0 bridgehead atoms. The lowest BCUT2D eigenvalue weighted by molar-refractivity contribution is 0.178. The number of halogens is 1. The molecule has 0 aliphatic heterocycles. The van der Waals surface area contributed by atoms with E-state index < -0.39 is 6.10 Å². The van der Waals surface area contributed by atoms with E-state index in [2.05, 4.69) is 19.1 Å². The Bertz CT molecular complexity index is 533. The molecule has 0 aromatic heterocycles. The summed E-state index contributed by atoms with van der Waals surface area (Å²) in [4.78, 5) is 0. The predicted octanol–water partition coefficient (Wildman–Crippen LogP) is 4.44. The van der Waals surface area contributed by atoms with Crippen LogP contribution in [-0.4, -0.2) is 5.11 Å². The summed E-state index contributed by atoms with van der Waals surface area (Å²) in [7, 11) is 0. The Morgan fingerprint density at radius 2 is 1.80 bits per heavy atom. The second-order valence-electron chi connectivity index (χ2n) is 5.19. The summed E-state index contributed by atoms with van der Waals surface area (Å²) >= 11 is 0. The van der Waals surface area contributed by atoms with Gasteiger partial charge >= 0.3 is 0 Å². The van der Waals surface area contributed by atoms with E-state index in [0.717, 1.165) is 17.5 Å². The van der Waals surface area contributed by atoms with Crippen molar-refractivity contribution in [3.05, 3.63) is 71.0 Å². The third kappa shape index (κ3) is 4.17. The first-order valence-electron chi connectivity index (χ1n) is 7.20. The van der Waals surface area contributed by atoms with Crippen molar-refractivity contribution in [3.8, 4) is 0 Å². The molecule has 1 nitrogen and oxygen atoms in total.